The van der Waals surface area contributed by atoms with Crippen molar-refractivity contribution in [2.45, 2.75) is 30.0 Å². The highest BCUT2D eigenvalue weighted by atomic mass is 32.2. The van der Waals surface area contributed by atoms with Crippen LogP contribution in [0.4, 0.5) is 0 Å². The standard InChI is InChI=1S/C17H23N3O3S3/c1-12-4-6-20(7-5-12)14(15-3-2-8-24-15)10-19-17(21)13-9-16(25-11-13)26(18,22)23/h2-3,8-9,11-12,14H,4-7,10H2,1H3,(H,19,21)(H2,18,22,23). The molecule has 1 atom stereocenters. The summed E-state index contributed by atoms with van der Waals surface area (Å²) in [6, 6.07) is 5.60. The molecule has 1 fully saturated rings. The molecule has 2 aromatic heterocycles. The van der Waals surface area contributed by atoms with Gasteiger partial charge >= 0.3 is 0 Å². The van der Waals surface area contributed by atoms with Gasteiger partial charge in [-0.3, -0.25) is 9.69 Å². The molecule has 9 heteroatoms. The number of sulfonamides is 1. The number of carbonyl (C=O) groups excluding carboxylic acids is 1. The molecule has 0 radical (unpaired) electrons. The summed E-state index contributed by atoms with van der Waals surface area (Å²) in [5.74, 6) is 0.468. The first kappa shape index (κ1) is 19.5. The fraction of sp³-hybridized carbons (Fsp3) is 0.471. The zero-order valence-corrected chi connectivity index (χ0v) is 17.0. The van der Waals surface area contributed by atoms with Crippen LogP contribution < -0.4 is 10.5 Å². The summed E-state index contributed by atoms with van der Waals surface area (Å²) in [4.78, 5) is 16.1. The van der Waals surface area contributed by atoms with Gasteiger partial charge in [0.15, 0.2) is 0 Å². The van der Waals surface area contributed by atoms with Crippen molar-refractivity contribution in [3.63, 3.8) is 0 Å². The molecule has 2 aromatic rings. The van der Waals surface area contributed by atoms with E-state index in [1.54, 1.807) is 11.3 Å². The van der Waals surface area contributed by atoms with Gasteiger partial charge in [0.05, 0.1) is 11.6 Å². The van der Waals surface area contributed by atoms with Crippen LogP contribution in [0.2, 0.25) is 0 Å². The zero-order valence-electron chi connectivity index (χ0n) is 14.6. The van der Waals surface area contributed by atoms with Gasteiger partial charge in [0.2, 0.25) is 10.0 Å². The number of piperidine rings is 1. The van der Waals surface area contributed by atoms with Gasteiger partial charge < -0.3 is 5.32 Å². The van der Waals surface area contributed by atoms with Crippen LogP contribution in [0.3, 0.4) is 0 Å². The second-order valence-corrected chi connectivity index (χ2v) is 10.3. The number of thiophene rings is 2. The van der Waals surface area contributed by atoms with Gasteiger partial charge in [-0.25, -0.2) is 13.6 Å². The maximum Gasteiger partial charge on any atom is 0.252 e. The van der Waals surface area contributed by atoms with Gasteiger partial charge in [-0.1, -0.05) is 13.0 Å². The Bertz CT molecular complexity index is 838. The van der Waals surface area contributed by atoms with Crippen molar-refractivity contribution in [2.75, 3.05) is 19.6 Å². The topological polar surface area (TPSA) is 92.5 Å². The Morgan fingerprint density at radius 2 is 2.12 bits per heavy atom. The summed E-state index contributed by atoms with van der Waals surface area (Å²) >= 11 is 2.66. The number of amides is 1. The Balaban J connectivity index is 1.68. The van der Waals surface area contributed by atoms with Gasteiger partial charge in [0, 0.05) is 16.8 Å². The smallest absolute Gasteiger partial charge is 0.252 e. The summed E-state index contributed by atoms with van der Waals surface area (Å²) in [5, 5.41) is 11.6. The number of hydrogen-bond donors (Lipinski definition) is 2. The SMILES string of the molecule is CC1CCN(C(CNC(=O)c2csc(S(N)(=O)=O)c2)c2cccs2)CC1. The van der Waals surface area contributed by atoms with Crippen molar-refractivity contribution >= 4 is 38.6 Å². The first-order valence-corrected chi connectivity index (χ1v) is 11.8. The Labute approximate surface area is 162 Å². The number of nitrogens with zero attached hydrogens (tertiary/aromatic N) is 1. The molecular formula is C17H23N3O3S3. The number of nitrogens with one attached hydrogen (secondary N) is 1. The summed E-state index contributed by atoms with van der Waals surface area (Å²) < 4.78 is 22.8. The molecule has 1 saturated heterocycles. The van der Waals surface area contributed by atoms with Gasteiger partial charge in [0.25, 0.3) is 5.91 Å². The number of hydrogen-bond acceptors (Lipinski definition) is 6. The van der Waals surface area contributed by atoms with Crippen LogP contribution in [0.1, 0.15) is 41.0 Å². The highest BCUT2D eigenvalue weighted by molar-refractivity contribution is 7.91. The van der Waals surface area contributed by atoms with Crippen molar-refractivity contribution in [1.82, 2.24) is 10.2 Å². The molecule has 0 aliphatic carbocycles. The van der Waals surface area contributed by atoms with Gasteiger partial charge in [-0.15, -0.1) is 22.7 Å². The molecule has 142 valence electrons. The van der Waals surface area contributed by atoms with Crippen LogP contribution in [0.5, 0.6) is 0 Å². The van der Waals surface area contributed by atoms with E-state index in [2.05, 4.69) is 23.2 Å². The predicted octanol–water partition coefficient (Wildman–Crippen LogP) is 2.66. The molecule has 3 rings (SSSR count). The van der Waals surface area contributed by atoms with E-state index in [1.165, 1.54) is 16.3 Å². The number of nitrogens with two attached hydrogens (primary N) is 1. The monoisotopic (exact) mass is 413 g/mol. The lowest BCUT2D eigenvalue weighted by atomic mass is 9.97. The molecule has 0 aromatic carbocycles. The maximum absolute atomic E-state index is 12.4. The predicted molar refractivity (Wildman–Crippen MR) is 105 cm³/mol. The number of carbonyl (C=O) groups is 1. The third-order valence-corrected chi connectivity index (χ3v) is 8.06. The van der Waals surface area contributed by atoms with E-state index in [0.29, 0.717) is 12.1 Å². The average molecular weight is 414 g/mol. The molecule has 0 bridgehead atoms. The van der Waals surface area contributed by atoms with E-state index in [-0.39, 0.29) is 16.2 Å². The van der Waals surface area contributed by atoms with Crippen LogP contribution in [-0.2, 0) is 10.0 Å². The van der Waals surface area contributed by atoms with E-state index in [0.717, 1.165) is 43.2 Å². The summed E-state index contributed by atoms with van der Waals surface area (Å²) in [5.41, 5.74) is 0.330. The number of likely N-dealkylation sites (tertiary alicyclic amines) is 1. The van der Waals surface area contributed by atoms with E-state index in [9.17, 15) is 13.2 Å². The first-order chi connectivity index (χ1) is 12.3. The molecule has 1 unspecified atom stereocenters. The highest BCUT2D eigenvalue weighted by Crippen LogP contribution is 2.29. The zero-order chi connectivity index (χ0) is 18.7. The van der Waals surface area contributed by atoms with Gasteiger partial charge in [-0.2, -0.15) is 0 Å². The molecule has 1 aliphatic rings. The number of primary sulfonamides is 1. The molecule has 3 N–H and O–H groups in total. The second-order valence-electron chi connectivity index (χ2n) is 6.66. The molecule has 0 spiro atoms. The van der Waals surface area contributed by atoms with Crippen molar-refractivity contribution in [3.8, 4) is 0 Å². The molecule has 1 aliphatic heterocycles. The molecular weight excluding hydrogens is 390 g/mol. The van der Waals surface area contributed by atoms with Crippen LogP contribution in [-0.4, -0.2) is 38.9 Å². The Morgan fingerprint density at radius 3 is 2.69 bits per heavy atom. The van der Waals surface area contributed by atoms with E-state index in [4.69, 9.17) is 5.14 Å². The summed E-state index contributed by atoms with van der Waals surface area (Å²) in [6.07, 6.45) is 2.33. The normalized spacial score (nSPS) is 17.9. The molecule has 1 amide bonds. The lowest BCUT2D eigenvalue weighted by Crippen LogP contribution is -2.41. The third kappa shape index (κ3) is 4.72. The van der Waals surface area contributed by atoms with Crippen LogP contribution in [0.25, 0.3) is 0 Å². The third-order valence-electron chi connectivity index (χ3n) is 4.70. The van der Waals surface area contributed by atoms with E-state index in [1.807, 2.05) is 11.4 Å². The Morgan fingerprint density at radius 1 is 1.38 bits per heavy atom. The number of rotatable bonds is 6. The lowest BCUT2D eigenvalue weighted by molar-refractivity contribution is 0.0915. The minimum absolute atomic E-state index is 0.00229. The van der Waals surface area contributed by atoms with Crippen molar-refractivity contribution in [3.05, 3.63) is 39.4 Å². The maximum atomic E-state index is 12.4. The molecule has 26 heavy (non-hydrogen) atoms. The van der Waals surface area contributed by atoms with Crippen LogP contribution >= 0.6 is 22.7 Å². The molecule has 3 heterocycles. The summed E-state index contributed by atoms with van der Waals surface area (Å²) in [7, 11) is -3.77. The van der Waals surface area contributed by atoms with E-state index >= 15 is 0 Å². The second kappa shape index (κ2) is 8.18. The summed E-state index contributed by atoms with van der Waals surface area (Å²) in [6.45, 7) is 4.81. The lowest BCUT2D eigenvalue weighted by Gasteiger charge is -2.36. The van der Waals surface area contributed by atoms with Crippen molar-refractivity contribution in [2.24, 2.45) is 11.1 Å². The molecule has 0 saturated carbocycles. The fourth-order valence-electron chi connectivity index (χ4n) is 3.11. The first-order valence-electron chi connectivity index (χ1n) is 8.51. The quantitative estimate of drug-likeness (QED) is 0.761. The average Bonchev–Trinajstić information content (AvgIpc) is 3.28. The largest absolute Gasteiger partial charge is 0.350 e. The van der Waals surface area contributed by atoms with E-state index < -0.39 is 10.0 Å². The highest BCUT2D eigenvalue weighted by Gasteiger charge is 2.26. The van der Waals surface area contributed by atoms with Gasteiger partial charge in [-0.05, 0) is 49.4 Å². The Hall–Kier alpha value is -1.26. The fourth-order valence-corrected chi connectivity index (χ4v) is 5.55. The minimum atomic E-state index is -3.77. The van der Waals surface area contributed by atoms with Gasteiger partial charge in [0.1, 0.15) is 4.21 Å². The molecule has 6 nitrogen and oxygen atoms in total. The Kier molecular flexibility index (Phi) is 6.13. The van der Waals surface area contributed by atoms with Crippen molar-refractivity contribution in [1.29, 1.82) is 0 Å². The minimum Gasteiger partial charge on any atom is -0.350 e. The van der Waals surface area contributed by atoms with Crippen molar-refractivity contribution < 1.29 is 13.2 Å². The van der Waals surface area contributed by atoms with Crippen LogP contribution in [0, 0.1) is 5.92 Å². The van der Waals surface area contributed by atoms with Crippen LogP contribution in [0.15, 0.2) is 33.2 Å².